The number of hydrogen-bond donors (Lipinski definition) is 0. The molecule has 8 nitrogen and oxygen atoms in total. The average Bonchev–Trinajstić information content (AvgIpc) is 3.32. The van der Waals surface area contributed by atoms with Crippen molar-refractivity contribution >= 4 is 23.3 Å². The van der Waals surface area contributed by atoms with E-state index >= 15 is 0 Å². The Balaban J connectivity index is 1.51. The van der Waals surface area contributed by atoms with Crippen LogP contribution in [0.2, 0.25) is 0 Å². The fourth-order valence-corrected chi connectivity index (χ4v) is 3.58. The van der Waals surface area contributed by atoms with Gasteiger partial charge in [-0.3, -0.25) is 9.10 Å². The molecule has 1 fully saturated rings. The molecule has 2 aliphatic rings. The molecule has 0 radical (unpaired) electrons. The Hall–Kier alpha value is -2.44. The van der Waals surface area contributed by atoms with Crippen LogP contribution in [0.25, 0.3) is 5.57 Å². The summed E-state index contributed by atoms with van der Waals surface area (Å²) in [6, 6.07) is 0. The number of allylic oxidation sites excluding steroid dienone is 1. The summed E-state index contributed by atoms with van der Waals surface area (Å²) < 4.78 is 70.3. The predicted octanol–water partition coefficient (Wildman–Crippen LogP) is 2.93. The van der Waals surface area contributed by atoms with Crippen molar-refractivity contribution < 1.29 is 22.0 Å². The smallest absolute Gasteiger partial charge is 0.333 e. The second-order valence-electron chi connectivity index (χ2n) is 7.29. The molecule has 1 unspecified atom stereocenters. The van der Waals surface area contributed by atoms with E-state index in [9.17, 15) is 22.0 Å². The van der Waals surface area contributed by atoms with Crippen LogP contribution in [0.15, 0.2) is 6.20 Å². The lowest BCUT2D eigenvalue weighted by atomic mass is 10.2. The van der Waals surface area contributed by atoms with Crippen LogP contribution in [-0.2, 0) is 19.9 Å². The first kappa shape index (κ1) is 20.8. The summed E-state index contributed by atoms with van der Waals surface area (Å²) in [4.78, 5) is 9.75. The quantitative estimate of drug-likeness (QED) is 0.525. The molecule has 2 aromatic rings. The zero-order valence-electron chi connectivity index (χ0n) is 16.0. The van der Waals surface area contributed by atoms with E-state index in [0.717, 1.165) is 15.3 Å². The first-order chi connectivity index (χ1) is 13.9. The van der Waals surface area contributed by atoms with Crippen molar-refractivity contribution in [3.63, 3.8) is 0 Å². The van der Waals surface area contributed by atoms with Crippen LogP contribution in [0, 0.1) is 0 Å². The van der Waals surface area contributed by atoms with Crippen LogP contribution in [0.5, 0.6) is 0 Å². The molecule has 4 heterocycles. The normalized spacial score (nSPS) is 21.2. The molecule has 0 bridgehead atoms. The second-order valence-corrected chi connectivity index (χ2v) is 7.68. The summed E-state index contributed by atoms with van der Waals surface area (Å²) >= 11 is 5.87. The van der Waals surface area contributed by atoms with Crippen molar-refractivity contribution in [2.45, 2.75) is 44.5 Å². The van der Waals surface area contributed by atoms with Gasteiger partial charge in [-0.15, -0.1) is 5.10 Å². The zero-order valence-corrected chi connectivity index (χ0v) is 16.8. The number of halogens is 6. The number of hydrogen-bond acceptors (Lipinski definition) is 6. The van der Waals surface area contributed by atoms with Crippen LogP contribution < -0.4 is 4.90 Å². The Labute approximate surface area is 173 Å². The van der Waals surface area contributed by atoms with Crippen LogP contribution >= 0.6 is 11.8 Å². The molecule has 2 aliphatic heterocycles. The number of anilines is 1. The number of nitrogens with zero attached hydrogens (tertiary/aromatic N) is 8. The first-order valence-electron chi connectivity index (χ1n) is 9.16. The van der Waals surface area contributed by atoms with E-state index in [1.165, 1.54) is 9.58 Å². The molecular formula is C16H18ClF5N8. The summed E-state index contributed by atoms with van der Waals surface area (Å²) in [5, 5.41) is 8.34. The summed E-state index contributed by atoms with van der Waals surface area (Å²) in [5.41, 5.74) is -0.981. The monoisotopic (exact) mass is 452 g/mol. The van der Waals surface area contributed by atoms with Gasteiger partial charge in [0.15, 0.2) is 11.6 Å². The van der Waals surface area contributed by atoms with Crippen LogP contribution in [0.4, 0.5) is 27.9 Å². The Morgan fingerprint density at radius 3 is 2.57 bits per heavy atom. The van der Waals surface area contributed by atoms with Crippen molar-refractivity contribution in [3.8, 4) is 0 Å². The molecule has 0 spiro atoms. The fraction of sp³-hybridized carbons (Fsp3) is 0.625. The van der Waals surface area contributed by atoms with Crippen molar-refractivity contribution in [2.75, 3.05) is 18.0 Å². The van der Waals surface area contributed by atoms with Crippen molar-refractivity contribution in [1.29, 1.82) is 0 Å². The molecule has 164 valence electrons. The van der Waals surface area contributed by atoms with Crippen molar-refractivity contribution in [2.24, 2.45) is 7.05 Å². The van der Waals surface area contributed by atoms with E-state index in [4.69, 9.17) is 11.8 Å². The van der Waals surface area contributed by atoms with Gasteiger partial charge in [-0.25, -0.2) is 18.4 Å². The number of fused-ring (bicyclic) bond motifs is 1. The second kappa shape index (κ2) is 7.06. The van der Waals surface area contributed by atoms with Gasteiger partial charge in [0, 0.05) is 50.8 Å². The molecule has 1 atom stereocenters. The number of aryl methyl sites for hydroxylation is 3. The summed E-state index contributed by atoms with van der Waals surface area (Å²) in [6.45, 7) is 1.32. The first-order valence-corrected chi connectivity index (χ1v) is 9.50. The third-order valence-electron chi connectivity index (χ3n) is 5.05. The molecule has 0 N–H and O–H groups in total. The lowest BCUT2D eigenvalue weighted by Crippen LogP contribution is -2.29. The van der Waals surface area contributed by atoms with Crippen molar-refractivity contribution in [1.82, 2.24) is 33.9 Å². The highest BCUT2D eigenvalue weighted by Gasteiger charge is 2.42. The van der Waals surface area contributed by atoms with E-state index in [1.54, 1.807) is 14.0 Å². The highest BCUT2D eigenvalue weighted by molar-refractivity contribution is 6.14. The lowest BCUT2D eigenvalue weighted by molar-refractivity contribution is -0.0711. The van der Waals surface area contributed by atoms with Gasteiger partial charge in [0.1, 0.15) is 17.6 Å². The molecule has 1 saturated heterocycles. The maximum absolute atomic E-state index is 13.4. The van der Waals surface area contributed by atoms with Gasteiger partial charge in [-0.1, -0.05) is 0 Å². The number of aromatic nitrogens is 6. The molecule has 30 heavy (non-hydrogen) atoms. The zero-order chi connectivity index (χ0) is 21.8. The minimum Gasteiger partial charge on any atom is -0.333 e. The maximum atomic E-state index is 13.4. The van der Waals surface area contributed by atoms with E-state index in [1.807, 2.05) is 0 Å². The van der Waals surface area contributed by atoms with Gasteiger partial charge in [0.25, 0.3) is 5.92 Å². The van der Waals surface area contributed by atoms with Crippen LogP contribution in [0.1, 0.15) is 37.0 Å². The summed E-state index contributed by atoms with van der Waals surface area (Å²) in [5.74, 6) is -2.19. The highest BCUT2D eigenvalue weighted by atomic mass is 35.5. The van der Waals surface area contributed by atoms with Gasteiger partial charge < -0.3 is 4.90 Å². The van der Waals surface area contributed by atoms with Gasteiger partial charge in [-0.2, -0.15) is 23.3 Å². The van der Waals surface area contributed by atoms with E-state index in [-0.39, 0.29) is 43.4 Å². The largest absolute Gasteiger partial charge is 0.421 e. The van der Waals surface area contributed by atoms with Gasteiger partial charge in [-0.05, 0) is 6.92 Å². The van der Waals surface area contributed by atoms with Crippen molar-refractivity contribution in [3.05, 3.63) is 23.7 Å². The molecule has 0 saturated carbocycles. The summed E-state index contributed by atoms with van der Waals surface area (Å²) in [7, 11) is 1.63. The number of alkyl halides is 5. The maximum Gasteiger partial charge on any atom is 0.421 e. The molecule has 0 aliphatic carbocycles. The average molecular weight is 453 g/mol. The fourth-order valence-electron chi connectivity index (χ4n) is 3.39. The van der Waals surface area contributed by atoms with Gasteiger partial charge in [0.05, 0.1) is 6.54 Å². The Bertz CT molecular complexity index is 981. The molecule has 4 rings (SSSR count). The highest BCUT2D eigenvalue weighted by Crippen LogP contribution is 2.39. The molecule has 0 amide bonds. The Morgan fingerprint density at radius 1 is 1.20 bits per heavy atom. The number of rotatable bonds is 4. The topological polar surface area (TPSA) is 67.9 Å². The predicted molar refractivity (Wildman–Crippen MR) is 96.6 cm³/mol. The third-order valence-corrected chi connectivity index (χ3v) is 5.43. The minimum atomic E-state index is -4.63. The lowest BCUT2D eigenvalue weighted by Gasteiger charge is -2.28. The van der Waals surface area contributed by atoms with E-state index in [2.05, 4.69) is 20.2 Å². The molecule has 14 heteroatoms. The van der Waals surface area contributed by atoms with Gasteiger partial charge in [0.2, 0.25) is 5.95 Å². The third kappa shape index (κ3) is 3.82. The molecule has 2 aromatic heterocycles. The standard InChI is InChI=1S/C16H18ClF5N8/c1-9-29(17)7-10(16(20,21)22)13-23-11(25-30(9)13)3-4-12-24-14(26-27(12)2)28-6-5-15(18,19)8-28/h7,9H,3-6,8H2,1-2H3. The molecule has 0 aromatic carbocycles. The minimum absolute atomic E-state index is 0.158. The van der Waals surface area contributed by atoms with Crippen LogP contribution in [-0.4, -0.2) is 59.1 Å². The van der Waals surface area contributed by atoms with E-state index in [0.29, 0.717) is 5.82 Å². The van der Waals surface area contributed by atoms with Crippen LogP contribution in [0.3, 0.4) is 0 Å². The Morgan fingerprint density at radius 2 is 1.93 bits per heavy atom. The van der Waals surface area contributed by atoms with Gasteiger partial charge >= 0.3 is 6.18 Å². The molecular weight excluding hydrogens is 435 g/mol. The van der Waals surface area contributed by atoms with E-state index < -0.39 is 30.4 Å². The SMILES string of the molecule is CC1N(Cl)C=C(C(F)(F)F)c2nc(CCc3nc(N4CCC(F)(F)C4)nn3C)nn21. The Kier molecular flexibility index (Phi) is 4.90. The summed E-state index contributed by atoms with van der Waals surface area (Å²) in [6.07, 6.45) is -4.27.